The molecule has 17 heavy (non-hydrogen) atoms. The van der Waals surface area contributed by atoms with Crippen LogP contribution in [-0.4, -0.2) is 10.9 Å². The Hall–Kier alpha value is -2.24. The Bertz CT molecular complexity index is 566. The third-order valence-electron chi connectivity index (χ3n) is 2.03. The van der Waals surface area contributed by atoms with Gasteiger partial charge in [-0.15, -0.1) is 0 Å². The van der Waals surface area contributed by atoms with E-state index in [9.17, 15) is 13.6 Å². The van der Waals surface area contributed by atoms with Crippen LogP contribution in [0, 0.1) is 18.6 Å². The predicted octanol–water partition coefficient (Wildman–Crippen LogP) is 2.51. The zero-order chi connectivity index (χ0) is 12.4. The summed E-state index contributed by atoms with van der Waals surface area (Å²) in [6.07, 6.45) is 1.14. The van der Waals surface area contributed by atoms with Gasteiger partial charge >= 0.3 is 0 Å². The quantitative estimate of drug-likeness (QED) is 0.874. The van der Waals surface area contributed by atoms with Crippen LogP contribution in [0.2, 0.25) is 0 Å². The molecule has 1 amide bonds. The van der Waals surface area contributed by atoms with E-state index in [1.165, 1.54) is 0 Å². The van der Waals surface area contributed by atoms with Crippen molar-refractivity contribution in [3.8, 4) is 0 Å². The number of aromatic nitrogens is 1. The van der Waals surface area contributed by atoms with Gasteiger partial charge in [-0.2, -0.15) is 0 Å². The van der Waals surface area contributed by atoms with Crippen LogP contribution in [0.4, 0.5) is 14.5 Å². The second kappa shape index (κ2) is 4.32. The number of rotatable bonds is 2. The number of carbonyl (C=O) groups excluding carboxylic acids is 1. The summed E-state index contributed by atoms with van der Waals surface area (Å²) < 4.78 is 30.9. The van der Waals surface area contributed by atoms with Crippen molar-refractivity contribution >= 4 is 11.6 Å². The van der Waals surface area contributed by atoms with Gasteiger partial charge in [-0.3, -0.25) is 4.79 Å². The van der Waals surface area contributed by atoms with Crippen LogP contribution in [0.3, 0.4) is 0 Å². The van der Waals surface area contributed by atoms with E-state index in [-0.39, 0.29) is 11.4 Å². The van der Waals surface area contributed by atoms with E-state index in [0.29, 0.717) is 5.89 Å². The van der Waals surface area contributed by atoms with Crippen molar-refractivity contribution in [1.82, 2.24) is 4.98 Å². The maximum atomic E-state index is 13.2. The number of aryl methyl sites for hydroxylation is 1. The molecule has 0 unspecified atom stereocenters. The minimum Gasteiger partial charge on any atom is -0.448 e. The van der Waals surface area contributed by atoms with Gasteiger partial charge in [0.1, 0.15) is 17.9 Å². The van der Waals surface area contributed by atoms with E-state index < -0.39 is 17.5 Å². The molecule has 6 heteroatoms. The monoisotopic (exact) mass is 238 g/mol. The Morgan fingerprint density at radius 2 is 2.18 bits per heavy atom. The molecule has 0 radical (unpaired) electrons. The number of oxazole rings is 1. The summed E-state index contributed by atoms with van der Waals surface area (Å²) in [7, 11) is 0. The second-order valence-electron chi connectivity index (χ2n) is 3.33. The number of halogens is 2. The molecule has 1 heterocycles. The lowest BCUT2D eigenvalue weighted by molar-refractivity contribution is 0.102. The van der Waals surface area contributed by atoms with E-state index in [1.807, 2.05) is 0 Å². The molecule has 1 aromatic carbocycles. The summed E-state index contributed by atoms with van der Waals surface area (Å²) in [6.45, 7) is 1.57. The Kier molecular flexibility index (Phi) is 2.86. The van der Waals surface area contributed by atoms with Crippen molar-refractivity contribution in [3.63, 3.8) is 0 Å². The first-order chi connectivity index (χ1) is 8.06. The van der Waals surface area contributed by atoms with Crippen molar-refractivity contribution in [2.75, 3.05) is 5.32 Å². The van der Waals surface area contributed by atoms with Gasteiger partial charge in [0.05, 0.1) is 5.69 Å². The van der Waals surface area contributed by atoms with E-state index in [0.717, 1.165) is 24.5 Å². The fourth-order valence-electron chi connectivity index (χ4n) is 1.25. The highest BCUT2D eigenvalue weighted by atomic mass is 19.1. The Morgan fingerprint density at radius 3 is 2.82 bits per heavy atom. The number of amides is 1. The molecule has 0 saturated heterocycles. The number of hydrogen-bond acceptors (Lipinski definition) is 3. The van der Waals surface area contributed by atoms with Crippen molar-refractivity contribution in [1.29, 1.82) is 0 Å². The first kappa shape index (κ1) is 11.3. The summed E-state index contributed by atoms with van der Waals surface area (Å²) in [4.78, 5) is 15.3. The predicted molar refractivity (Wildman–Crippen MR) is 55.6 cm³/mol. The Morgan fingerprint density at radius 1 is 1.41 bits per heavy atom. The molecule has 0 atom stereocenters. The third kappa shape index (κ3) is 2.47. The molecule has 1 N–H and O–H groups in total. The van der Waals surface area contributed by atoms with Gasteiger partial charge in [-0.05, 0) is 12.1 Å². The first-order valence-corrected chi connectivity index (χ1v) is 4.75. The fraction of sp³-hybridized carbons (Fsp3) is 0.0909. The molecular weight excluding hydrogens is 230 g/mol. The summed E-state index contributed by atoms with van der Waals surface area (Å²) >= 11 is 0. The average molecular weight is 238 g/mol. The molecular formula is C11H8F2N2O2. The number of nitrogens with zero attached hydrogens (tertiary/aromatic N) is 1. The van der Waals surface area contributed by atoms with Crippen LogP contribution in [0.5, 0.6) is 0 Å². The SMILES string of the molecule is Cc1nc(C(=O)Nc2cc(F)ccc2F)co1. The topological polar surface area (TPSA) is 55.1 Å². The molecule has 0 bridgehead atoms. The largest absolute Gasteiger partial charge is 0.448 e. The van der Waals surface area contributed by atoms with Crippen LogP contribution in [-0.2, 0) is 0 Å². The first-order valence-electron chi connectivity index (χ1n) is 4.75. The minimum atomic E-state index is -0.722. The molecule has 0 aliphatic heterocycles. The fourth-order valence-corrected chi connectivity index (χ4v) is 1.25. The van der Waals surface area contributed by atoms with Gasteiger partial charge in [0.2, 0.25) is 0 Å². The molecule has 1 aromatic heterocycles. The highest BCUT2D eigenvalue weighted by Crippen LogP contribution is 2.16. The van der Waals surface area contributed by atoms with Crippen LogP contribution < -0.4 is 5.32 Å². The summed E-state index contributed by atoms with van der Waals surface area (Å²) in [5.74, 6) is -1.71. The van der Waals surface area contributed by atoms with Gasteiger partial charge in [-0.25, -0.2) is 13.8 Å². The van der Waals surface area contributed by atoms with Gasteiger partial charge in [0, 0.05) is 13.0 Å². The van der Waals surface area contributed by atoms with Crippen LogP contribution in [0.25, 0.3) is 0 Å². The number of hydrogen-bond donors (Lipinski definition) is 1. The van der Waals surface area contributed by atoms with Crippen molar-refractivity contribution < 1.29 is 18.0 Å². The van der Waals surface area contributed by atoms with Gasteiger partial charge < -0.3 is 9.73 Å². The maximum Gasteiger partial charge on any atom is 0.277 e. The zero-order valence-corrected chi connectivity index (χ0v) is 8.83. The lowest BCUT2D eigenvalue weighted by Gasteiger charge is -2.03. The maximum absolute atomic E-state index is 13.2. The van der Waals surface area contributed by atoms with Crippen LogP contribution in [0.1, 0.15) is 16.4 Å². The highest BCUT2D eigenvalue weighted by molar-refractivity contribution is 6.02. The molecule has 88 valence electrons. The lowest BCUT2D eigenvalue weighted by atomic mass is 10.3. The second-order valence-corrected chi connectivity index (χ2v) is 3.33. The normalized spacial score (nSPS) is 10.3. The number of carbonyl (C=O) groups is 1. The molecule has 0 spiro atoms. The third-order valence-corrected chi connectivity index (χ3v) is 2.03. The van der Waals surface area contributed by atoms with E-state index >= 15 is 0 Å². The molecule has 0 aliphatic carbocycles. The smallest absolute Gasteiger partial charge is 0.277 e. The molecule has 0 aliphatic rings. The van der Waals surface area contributed by atoms with E-state index in [1.54, 1.807) is 6.92 Å². The van der Waals surface area contributed by atoms with Gasteiger partial charge in [-0.1, -0.05) is 0 Å². The Balaban J connectivity index is 2.21. The zero-order valence-electron chi connectivity index (χ0n) is 8.83. The van der Waals surface area contributed by atoms with E-state index in [4.69, 9.17) is 4.42 Å². The lowest BCUT2D eigenvalue weighted by Crippen LogP contribution is -2.13. The van der Waals surface area contributed by atoms with Crippen molar-refractivity contribution in [3.05, 3.63) is 47.7 Å². The van der Waals surface area contributed by atoms with Crippen LogP contribution in [0.15, 0.2) is 28.9 Å². The molecule has 4 nitrogen and oxygen atoms in total. The van der Waals surface area contributed by atoms with E-state index in [2.05, 4.69) is 10.3 Å². The summed E-state index contributed by atoms with van der Waals surface area (Å²) in [5, 5.41) is 2.20. The number of benzene rings is 1. The highest BCUT2D eigenvalue weighted by Gasteiger charge is 2.13. The van der Waals surface area contributed by atoms with Crippen LogP contribution >= 0.6 is 0 Å². The number of nitrogens with one attached hydrogen (secondary N) is 1. The minimum absolute atomic E-state index is 0.00570. The molecule has 0 saturated carbocycles. The summed E-state index contributed by atoms with van der Waals surface area (Å²) in [5.41, 5.74) is -0.234. The Labute approximate surface area is 95.3 Å². The van der Waals surface area contributed by atoms with Crippen molar-refractivity contribution in [2.24, 2.45) is 0 Å². The molecule has 2 aromatic rings. The average Bonchev–Trinajstić information content (AvgIpc) is 2.70. The molecule has 0 fully saturated rings. The standard InChI is InChI=1S/C11H8F2N2O2/c1-6-14-10(5-17-6)11(16)15-9-4-7(12)2-3-8(9)13/h2-5H,1H3,(H,15,16). The number of anilines is 1. The molecule has 2 rings (SSSR count). The van der Waals surface area contributed by atoms with Gasteiger partial charge in [0.25, 0.3) is 5.91 Å². The summed E-state index contributed by atoms with van der Waals surface area (Å²) in [6, 6.07) is 2.78. The van der Waals surface area contributed by atoms with Gasteiger partial charge in [0.15, 0.2) is 11.6 Å². The van der Waals surface area contributed by atoms with Crippen molar-refractivity contribution in [2.45, 2.75) is 6.92 Å².